The van der Waals surface area contributed by atoms with Gasteiger partial charge in [0.1, 0.15) is 23.9 Å². The van der Waals surface area contributed by atoms with E-state index in [1.54, 1.807) is 19.2 Å². The van der Waals surface area contributed by atoms with Gasteiger partial charge in [-0.25, -0.2) is 0 Å². The molecule has 0 aliphatic carbocycles. The fourth-order valence-corrected chi connectivity index (χ4v) is 2.13. The molecule has 24 heavy (non-hydrogen) atoms. The molecule has 5 nitrogen and oxygen atoms in total. The van der Waals surface area contributed by atoms with E-state index in [1.807, 2.05) is 49.4 Å². The van der Waals surface area contributed by atoms with Crippen LogP contribution in [0.3, 0.4) is 0 Å². The van der Waals surface area contributed by atoms with Gasteiger partial charge in [0.2, 0.25) is 0 Å². The zero-order chi connectivity index (χ0) is 17.2. The molecule has 128 valence electrons. The van der Waals surface area contributed by atoms with Crippen molar-refractivity contribution in [1.82, 2.24) is 5.32 Å². The van der Waals surface area contributed by atoms with E-state index in [4.69, 9.17) is 14.2 Å². The van der Waals surface area contributed by atoms with E-state index < -0.39 is 6.10 Å². The molecular formula is C19H23NO4. The van der Waals surface area contributed by atoms with E-state index in [9.17, 15) is 4.79 Å². The van der Waals surface area contributed by atoms with Gasteiger partial charge in [-0.05, 0) is 30.7 Å². The molecule has 1 amide bonds. The van der Waals surface area contributed by atoms with Crippen LogP contribution >= 0.6 is 0 Å². The van der Waals surface area contributed by atoms with Crippen molar-refractivity contribution >= 4 is 5.91 Å². The number of methoxy groups -OCH3 is 1. The van der Waals surface area contributed by atoms with Crippen molar-refractivity contribution < 1.29 is 19.0 Å². The van der Waals surface area contributed by atoms with E-state index in [0.717, 1.165) is 5.75 Å². The van der Waals surface area contributed by atoms with Crippen LogP contribution in [0.15, 0.2) is 54.6 Å². The summed E-state index contributed by atoms with van der Waals surface area (Å²) >= 11 is 0. The topological polar surface area (TPSA) is 56.8 Å². The van der Waals surface area contributed by atoms with Crippen molar-refractivity contribution in [2.24, 2.45) is 0 Å². The zero-order valence-corrected chi connectivity index (χ0v) is 14.0. The lowest BCUT2D eigenvalue weighted by Crippen LogP contribution is -2.39. The Hall–Kier alpha value is -2.69. The van der Waals surface area contributed by atoms with Crippen molar-refractivity contribution in [2.45, 2.75) is 19.4 Å². The first kappa shape index (κ1) is 17.7. The van der Waals surface area contributed by atoms with Crippen molar-refractivity contribution in [3.8, 4) is 17.2 Å². The number of amides is 1. The summed E-state index contributed by atoms with van der Waals surface area (Å²) in [7, 11) is 1.59. The molecule has 0 aliphatic rings. The van der Waals surface area contributed by atoms with Crippen LogP contribution in [0.2, 0.25) is 0 Å². The number of nitrogens with one attached hydrogen (secondary N) is 1. The lowest BCUT2D eigenvalue weighted by molar-refractivity contribution is -0.128. The highest BCUT2D eigenvalue weighted by Gasteiger charge is 2.18. The molecule has 1 N–H and O–H groups in total. The van der Waals surface area contributed by atoms with Crippen LogP contribution in [0.1, 0.15) is 13.3 Å². The molecule has 0 saturated carbocycles. The predicted molar refractivity (Wildman–Crippen MR) is 92.6 cm³/mol. The Morgan fingerprint density at radius 1 is 1.04 bits per heavy atom. The summed E-state index contributed by atoms with van der Waals surface area (Å²) in [5.74, 6) is 1.93. The summed E-state index contributed by atoms with van der Waals surface area (Å²) in [5.41, 5.74) is 0. The third-order valence-corrected chi connectivity index (χ3v) is 3.40. The zero-order valence-electron chi connectivity index (χ0n) is 14.0. The van der Waals surface area contributed by atoms with Gasteiger partial charge >= 0.3 is 0 Å². The highest BCUT2D eigenvalue weighted by molar-refractivity contribution is 5.81. The minimum absolute atomic E-state index is 0.156. The molecule has 0 aromatic heterocycles. The fourth-order valence-electron chi connectivity index (χ4n) is 2.13. The quantitative estimate of drug-likeness (QED) is 0.719. The van der Waals surface area contributed by atoms with E-state index in [0.29, 0.717) is 31.1 Å². The molecule has 0 aliphatic heterocycles. The summed E-state index contributed by atoms with van der Waals surface area (Å²) in [6.45, 7) is 2.74. The fraction of sp³-hybridized carbons (Fsp3) is 0.316. The summed E-state index contributed by atoms with van der Waals surface area (Å²) in [6.07, 6.45) is 0.0246. The number of carbonyl (C=O) groups excluding carboxylic acids is 1. The predicted octanol–water partition coefficient (Wildman–Crippen LogP) is 3.05. The third-order valence-electron chi connectivity index (χ3n) is 3.40. The summed E-state index contributed by atoms with van der Waals surface area (Å²) in [5, 5.41) is 2.83. The molecule has 0 radical (unpaired) electrons. The average Bonchev–Trinajstić information content (AvgIpc) is 2.64. The van der Waals surface area contributed by atoms with Gasteiger partial charge in [0.05, 0.1) is 13.7 Å². The van der Waals surface area contributed by atoms with Gasteiger partial charge in [-0.1, -0.05) is 31.2 Å². The van der Waals surface area contributed by atoms with Crippen molar-refractivity contribution in [2.75, 3.05) is 20.3 Å². The maximum absolute atomic E-state index is 12.2. The molecular weight excluding hydrogens is 306 g/mol. The van der Waals surface area contributed by atoms with Crippen molar-refractivity contribution in [3.63, 3.8) is 0 Å². The Morgan fingerprint density at radius 3 is 2.46 bits per heavy atom. The molecule has 0 spiro atoms. The monoisotopic (exact) mass is 329 g/mol. The summed E-state index contributed by atoms with van der Waals surface area (Å²) < 4.78 is 16.5. The van der Waals surface area contributed by atoms with Gasteiger partial charge in [0.15, 0.2) is 6.10 Å². The van der Waals surface area contributed by atoms with Gasteiger partial charge in [-0.3, -0.25) is 4.79 Å². The first-order chi connectivity index (χ1) is 11.7. The van der Waals surface area contributed by atoms with Gasteiger partial charge in [0.25, 0.3) is 5.91 Å². The number of benzene rings is 2. The molecule has 5 heteroatoms. The third kappa shape index (κ3) is 5.50. The van der Waals surface area contributed by atoms with E-state index in [-0.39, 0.29) is 5.91 Å². The average molecular weight is 329 g/mol. The van der Waals surface area contributed by atoms with Crippen LogP contribution in [0.5, 0.6) is 17.2 Å². The van der Waals surface area contributed by atoms with Crippen LogP contribution in [0.4, 0.5) is 0 Å². The number of hydrogen-bond donors (Lipinski definition) is 1. The number of ether oxygens (including phenoxy) is 3. The summed E-state index contributed by atoms with van der Waals surface area (Å²) in [6, 6.07) is 16.7. The van der Waals surface area contributed by atoms with Crippen LogP contribution in [0, 0.1) is 0 Å². The van der Waals surface area contributed by atoms with E-state index in [2.05, 4.69) is 5.32 Å². The van der Waals surface area contributed by atoms with Gasteiger partial charge in [0, 0.05) is 6.07 Å². The molecule has 0 fully saturated rings. The number of para-hydroxylation sites is 1. The molecule has 0 saturated heterocycles. The van der Waals surface area contributed by atoms with Gasteiger partial charge < -0.3 is 19.5 Å². The van der Waals surface area contributed by atoms with Crippen molar-refractivity contribution in [1.29, 1.82) is 0 Å². The Labute approximate surface area is 142 Å². The lowest BCUT2D eigenvalue weighted by Gasteiger charge is -2.17. The van der Waals surface area contributed by atoms with Crippen molar-refractivity contribution in [3.05, 3.63) is 54.6 Å². The molecule has 0 bridgehead atoms. The van der Waals surface area contributed by atoms with Gasteiger partial charge in [-0.15, -0.1) is 0 Å². The smallest absolute Gasteiger partial charge is 0.261 e. The Kier molecular flexibility index (Phi) is 6.95. The normalized spacial score (nSPS) is 11.4. The number of hydrogen-bond acceptors (Lipinski definition) is 4. The van der Waals surface area contributed by atoms with Gasteiger partial charge in [-0.2, -0.15) is 0 Å². The highest BCUT2D eigenvalue weighted by Crippen LogP contribution is 2.20. The van der Waals surface area contributed by atoms with E-state index >= 15 is 0 Å². The first-order valence-electron chi connectivity index (χ1n) is 7.99. The molecule has 1 unspecified atom stereocenters. The SMILES string of the molecule is CCC(Oc1cccc(OC)c1)C(=O)NCCOc1ccccc1. The molecule has 2 aromatic carbocycles. The summed E-state index contributed by atoms with van der Waals surface area (Å²) in [4.78, 5) is 12.2. The van der Waals surface area contributed by atoms with Crippen LogP contribution in [-0.4, -0.2) is 32.3 Å². The Balaban J connectivity index is 1.78. The first-order valence-corrected chi connectivity index (χ1v) is 7.99. The van der Waals surface area contributed by atoms with Crippen LogP contribution in [0.25, 0.3) is 0 Å². The van der Waals surface area contributed by atoms with E-state index in [1.165, 1.54) is 0 Å². The number of carbonyl (C=O) groups is 1. The second-order valence-electron chi connectivity index (χ2n) is 5.15. The minimum atomic E-state index is -0.547. The molecule has 0 heterocycles. The lowest BCUT2D eigenvalue weighted by atomic mass is 10.2. The van der Waals surface area contributed by atoms with Crippen LogP contribution in [-0.2, 0) is 4.79 Å². The largest absolute Gasteiger partial charge is 0.497 e. The second kappa shape index (κ2) is 9.45. The maximum Gasteiger partial charge on any atom is 0.261 e. The Bertz CT molecular complexity index is 630. The second-order valence-corrected chi connectivity index (χ2v) is 5.15. The molecule has 2 rings (SSSR count). The minimum Gasteiger partial charge on any atom is -0.497 e. The Morgan fingerprint density at radius 2 is 1.75 bits per heavy atom. The maximum atomic E-state index is 12.2. The van der Waals surface area contributed by atoms with Crippen LogP contribution < -0.4 is 19.5 Å². The molecule has 1 atom stereocenters. The molecule has 2 aromatic rings. The number of rotatable bonds is 9. The highest BCUT2D eigenvalue weighted by atomic mass is 16.5. The standard InChI is InChI=1S/C19H23NO4/c1-3-18(24-17-11-7-10-16(14-17)22-2)19(21)20-12-13-23-15-8-5-4-6-9-15/h4-11,14,18H,3,12-13H2,1-2H3,(H,20,21).